The Hall–Kier alpha value is -2.21. The molecule has 5 heteroatoms. The van der Waals surface area contributed by atoms with Gasteiger partial charge in [-0.25, -0.2) is 0 Å². The molecule has 158 valence electrons. The van der Waals surface area contributed by atoms with Crippen LogP contribution >= 0.6 is 0 Å². The normalized spacial score (nSPS) is 25.2. The predicted octanol–water partition coefficient (Wildman–Crippen LogP) is 3.53. The van der Waals surface area contributed by atoms with Gasteiger partial charge in [-0.3, -0.25) is 4.79 Å². The summed E-state index contributed by atoms with van der Waals surface area (Å²) in [6.07, 6.45) is 13.2. The highest BCUT2D eigenvalue weighted by Crippen LogP contribution is 2.46. The fourth-order valence-corrected chi connectivity index (χ4v) is 5.77. The first-order valence-electron chi connectivity index (χ1n) is 11.3. The van der Waals surface area contributed by atoms with E-state index in [2.05, 4.69) is 58.4 Å². The van der Waals surface area contributed by atoms with Crippen LogP contribution < -0.4 is 0 Å². The summed E-state index contributed by atoms with van der Waals surface area (Å²) in [5.74, 6) is 0.215. The van der Waals surface area contributed by atoms with Gasteiger partial charge in [0.1, 0.15) is 0 Å². The second-order valence-corrected chi connectivity index (χ2v) is 9.01. The second kappa shape index (κ2) is 8.14. The van der Waals surface area contributed by atoms with E-state index < -0.39 is 0 Å². The van der Waals surface area contributed by atoms with Crippen LogP contribution in [0.2, 0.25) is 0 Å². The van der Waals surface area contributed by atoms with Gasteiger partial charge in [0.2, 0.25) is 0 Å². The van der Waals surface area contributed by atoms with Crippen LogP contribution in [0.5, 0.6) is 0 Å². The van der Waals surface area contributed by atoms with E-state index in [0.29, 0.717) is 12.6 Å². The SMILES string of the molecule is O=C1C2=C(C=CC=CC2)C2(CCN(C3CCN(O)CC3)CC2)N1Cc1ccccc1. The number of likely N-dealkylation sites (tertiary alicyclic amines) is 1. The van der Waals surface area contributed by atoms with Gasteiger partial charge in [0, 0.05) is 44.3 Å². The zero-order valence-electron chi connectivity index (χ0n) is 17.5. The van der Waals surface area contributed by atoms with E-state index in [0.717, 1.165) is 63.9 Å². The Kier molecular flexibility index (Phi) is 5.35. The molecule has 30 heavy (non-hydrogen) atoms. The Morgan fingerprint density at radius 3 is 2.47 bits per heavy atom. The van der Waals surface area contributed by atoms with Gasteiger partial charge >= 0.3 is 0 Å². The molecule has 0 bridgehead atoms. The molecule has 1 aliphatic carbocycles. The quantitative estimate of drug-likeness (QED) is 0.836. The average molecular weight is 406 g/mol. The number of piperidine rings is 2. The fourth-order valence-electron chi connectivity index (χ4n) is 5.77. The van der Waals surface area contributed by atoms with Crippen molar-refractivity contribution >= 4 is 5.91 Å². The summed E-state index contributed by atoms with van der Waals surface area (Å²) < 4.78 is 0. The maximum Gasteiger partial charge on any atom is 0.251 e. The maximum atomic E-state index is 13.5. The number of amides is 1. The van der Waals surface area contributed by atoms with Crippen molar-refractivity contribution < 1.29 is 10.0 Å². The van der Waals surface area contributed by atoms with Crippen molar-refractivity contribution in [3.05, 3.63) is 71.3 Å². The Bertz CT molecular complexity index is 873. The molecule has 5 nitrogen and oxygen atoms in total. The van der Waals surface area contributed by atoms with Crippen LogP contribution in [0.25, 0.3) is 0 Å². The largest absolute Gasteiger partial charge is 0.325 e. The molecular formula is C25H31N3O2. The van der Waals surface area contributed by atoms with Gasteiger partial charge in [0.15, 0.2) is 0 Å². The van der Waals surface area contributed by atoms with Crippen LogP contribution in [0.15, 0.2) is 65.8 Å². The van der Waals surface area contributed by atoms with Gasteiger partial charge in [0.05, 0.1) is 5.54 Å². The molecule has 3 heterocycles. The summed E-state index contributed by atoms with van der Waals surface area (Å²) in [7, 11) is 0. The number of nitrogens with zero attached hydrogens (tertiary/aromatic N) is 3. The molecule has 3 aliphatic heterocycles. The van der Waals surface area contributed by atoms with E-state index in [1.807, 2.05) is 6.07 Å². The van der Waals surface area contributed by atoms with Gasteiger partial charge in [-0.1, -0.05) is 54.6 Å². The smallest absolute Gasteiger partial charge is 0.251 e. The zero-order chi connectivity index (χ0) is 20.6. The lowest BCUT2D eigenvalue weighted by atomic mass is 9.79. The predicted molar refractivity (Wildman–Crippen MR) is 117 cm³/mol. The number of carbonyl (C=O) groups is 1. The van der Waals surface area contributed by atoms with E-state index >= 15 is 0 Å². The molecule has 0 saturated carbocycles. The molecule has 0 atom stereocenters. The van der Waals surface area contributed by atoms with Crippen LogP contribution in [0, 0.1) is 0 Å². The minimum atomic E-state index is -0.195. The molecule has 1 aromatic carbocycles. The Balaban J connectivity index is 1.41. The highest BCUT2D eigenvalue weighted by atomic mass is 16.5. The van der Waals surface area contributed by atoms with Crippen molar-refractivity contribution in [1.82, 2.24) is 14.9 Å². The lowest BCUT2D eigenvalue weighted by Crippen LogP contribution is -2.57. The van der Waals surface area contributed by atoms with Crippen molar-refractivity contribution in [1.29, 1.82) is 0 Å². The third kappa shape index (κ3) is 3.45. The molecule has 2 saturated heterocycles. The molecule has 2 fully saturated rings. The van der Waals surface area contributed by atoms with Crippen molar-refractivity contribution in [2.75, 3.05) is 26.2 Å². The molecular weight excluding hydrogens is 374 g/mol. The zero-order valence-corrected chi connectivity index (χ0v) is 17.5. The molecule has 1 spiro atoms. The first-order chi connectivity index (χ1) is 14.7. The number of hydrogen-bond donors (Lipinski definition) is 1. The van der Waals surface area contributed by atoms with Crippen molar-refractivity contribution in [2.24, 2.45) is 0 Å². The van der Waals surface area contributed by atoms with Gasteiger partial charge in [-0.05, 0) is 43.2 Å². The lowest BCUT2D eigenvalue weighted by molar-refractivity contribution is -0.133. The van der Waals surface area contributed by atoms with Crippen molar-refractivity contribution in [3.63, 3.8) is 0 Å². The van der Waals surface area contributed by atoms with E-state index in [1.54, 1.807) is 0 Å². The van der Waals surface area contributed by atoms with Gasteiger partial charge in [-0.15, -0.1) is 0 Å². The summed E-state index contributed by atoms with van der Waals surface area (Å²) in [4.78, 5) is 18.3. The van der Waals surface area contributed by atoms with Crippen LogP contribution in [0.3, 0.4) is 0 Å². The topological polar surface area (TPSA) is 47.0 Å². The molecule has 0 aromatic heterocycles. The number of benzene rings is 1. The molecule has 4 aliphatic rings. The number of carbonyl (C=O) groups excluding carboxylic acids is 1. The van der Waals surface area contributed by atoms with E-state index in [9.17, 15) is 10.0 Å². The fraction of sp³-hybridized carbons (Fsp3) is 0.480. The van der Waals surface area contributed by atoms with Crippen LogP contribution in [-0.4, -0.2) is 63.7 Å². The van der Waals surface area contributed by atoms with E-state index in [-0.39, 0.29) is 11.4 Å². The van der Waals surface area contributed by atoms with Gasteiger partial charge in [-0.2, -0.15) is 5.06 Å². The van der Waals surface area contributed by atoms with Crippen LogP contribution in [0.4, 0.5) is 0 Å². The molecule has 1 aromatic rings. The summed E-state index contributed by atoms with van der Waals surface area (Å²) in [6, 6.07) is 10.9. The number of hydroxylamine groups is 2. The molecule has 1 N–H and O–H groups in total. The van der Waals surface area contributed by atoms with Crippen molar-refractivity contribution in [2.45, 2.75) is 50.2 Å². The molecule has 5 rings (SSSR count). The molecule has 0 radical (unpaired) electrons. The first kappa shape index (κ1) is 19.7. The highest BCUT2D eigenvalue weighted by molar-refractivity contribution is 6.00. The van der Waals surface area contributed by atoms with Gasteiger partial charge < -0.3 is 15.0 Å². The van der Waals surface area contributed by atoms with Crippen molar-refractivity contribution in [3.8, 4) is 0 Å². The second-order valence-electron chi connectivity index (χ2n) is 9.01. The Morgan fingerprint density at radius 2 is 1.73 bits per heavy atom. The average Bonchev–Trinajstić information content (AvgIpc) is 2.95. The number of allylic oxidation sites excluding steroid dienone is 3. The maximum absolute atomic E-state index is 13.5. The van der Waals surface area contributed by atoms with Crippen LogP contribution in [0.1, 0.15) is 37.7 Å². The summed E-state index contributed by atoms with van der Waals surface area (Å²) in [6.45, 7) is 4.20. The standard InChI is InChI=1S/C25H31N3O2/c29-24-22-9-5-2-6-10-23(22)25(28(24)19-20-7-3-1-4-8-20)13-17-26(18-14-25)21-11-15-27(30)16-12-21/h1-8,10,21,30H,9,11-19H2. The minimum absolute atomic E-state index is 0.195. The summed E-state index contributed by atoms with van der Waals surface area (Å²) in [5, 5.41) is 11.1. The minimum Gasteiger partial charge on any atom is -0.325 e. The molecule has 1 amide bonds. The number of hydrogen-bond acceptors (Lipinski definition) is 4. The Labute approximate surface area is 178 Å². The number of rotatable bonds is 3. The Morgan fingerprint density at radius 1 is 1.00 bits per heavy atom. The first-order valence-corrected chi connectivity index (χ1v) is 11.3. The molecule has 0 unspecified atom stereocenters. The summed E-state index contributed by atoms with van der Waals surface area (Å²) >= 11 is 0. The van der Waals surface area contributed by atoms with Gasteiger partial charge in [0.25, 0.3) is 5.91 Å². The summed E-state index contributed by atoms with van der Waals surface area (Å²) in [5.41, 5.74) is 3.23. The highest BCUT2D eigenvalue weighted by Gasteiger charge is 2.51. The van der Waals surface area contributed by atoms with E-state index in [1.165, 1.54) is 16.2 Å². The monoisotopic (exact) mass is 405 g/mol. The van der Waals surface area contributed by atoms with E-state index in [4.69, 9.17) is 0 Å². The number of fused-ring (bicyclic) bond motifs is 1. The third-order valence-corrected chi connectivity index (χ3v) is 7.44. The van der Waals surface area contributed by atoms with Crippen LogP contribution in [-0.2, 0) is 11.3 Å². The third-order valence-electron chi connectivity index (χ3n) is 7.44. The lowest BCUT2D eigenvalue weighted by Gasteiger charge is -2.49.